The van der Waals surface area contributed by atoms with Crippen LogP contribution in [-0.2, 0) is 42.9 Å². The highest BCUT2D eigenvalue weighted by Crippen LogP contribution is 2.26. The van der Waals surface area contributed by atoms with Gasteiger partial charge < -0.3 is 39.0 Å². The van der Waals surface area contributed by atoms with Gasteiger partial charge in [-0.3, -0.25) is 14.4 Å². The summed E-state index contributed by atoms with van der Waals surface area (Å²) in [7, 11) is 0. The van der Waals surface area contributed by atoms with Gasteiger partial charge in [0, 0.05) is 19.3 Å². The second-order valence-corrected chi connectivity index (χ2v) is 21.3. The summed E-state index contributed by atoms with van der Waals surface area (Å²) in [6, 6.07) is 0. The molecule has 0 saturated carbocycles. The van der Waals surface area contributed by atoms with Crippen molar-refractivity contribution >= 4 is 23.9 Å². The Morgan fingerprint density at radius 1 is 0.420 bits per heavy atom. The Morgan fingerprint density at radius 2 is 0.802 bits per heavy atom. The summed E-state index contributed by atoms with van der Waals surface area (Å²) in [4.78, 5) is 51.2. The second kappa shape index (κ2) is 55.9. The zero-order chi connectivity index (χ0) is 58.9. The van der Waals surface area contributed by atoms with Gasteiger partial charge in [-0.1, -0.05) is 226 Å². The first-order valence-corrected chi connectivity index (χ1v) is 31.9. The van der Waals surface area contributed by atoms with Crippen molar-refractivity contribution in [2.75, 3.05) is 13.2 Å². The number of aliphatic hydroxyl groups excluding tert-OH is 2. The normalized spacial score (nSPS) is 18.5. The Kier molecular flexibility index (Phi) is 51.3. The molecular formula is C69H112O12. The van der Waals surface area contributed by atoms with Crippen LogP contribution in [0, 0.1) is 0 Å². The van der Waals surface area contributed by atoms with Gasteiger partial charge in [0.2, 0.25) is 0 Å². The Balaban J connectivity index is 2.72. The van der Waals surface area contributed by atoms with Crippen molar-refractivity contribution in [3.63, 3.8) is 0 Å². The fraction of sp³-hybridized carbons (Fsp3) is 0.681. The molecular weight excluding hydrogens is 1020 g/mol. The summed E-state index contributed by atoms with van der Waals surface area (Å²) in [5, 5.41) is 31.5. The van der Waals surface area contributed by atoms with E-state index in [0.29, 0.717) is 19.3 Å². The van der Waals surface area contributed by atoms with Crippen LogP contribution >= 0.6 is 0 Å². The average Bonchev–Trinajstić information content (AvgIpc) is 3.46. The number of aliphatic carboxylic acids is 1. The molecule has 0 aliphatic carbocycles. The van der Waals surface area contributed by atoms with Crippen LogP contribution in [-0.4, -0.2) is 89.2 Å². The molecule has 1 aliphatic rings. The molecule has 0 aromatic rings. The summed E-state index contributed by atoms with van der Waals surface area (Å²) in [6.07, 6.45) is 63.5. The largest absolute Gasteiger partial charge is 0.479 e. The molecule has 6 atom stereocenters. The van der Waals surface area contributed by atoms with E-state index < -0.39 is 67.3 Å². The smallest absolute Gasteiger partial charge is 0.335 e. The zero-order valence-electron chi connectivity index (χ0n) is 50.7. The minimum Gasteiger partial charge on any atom is -0.479 e. The van der Waals surface area contributed by atoms with Gasteiger partial charge in [0.1, 0.15) is 18.8 Å². The number of aliphatic hydroxyl groups is 2. The SMILES string of the molecule is CC/C=C\C/C=C\C/C=C\C/C=C\C/C=C\C/C=C\CCC(=O)OCC(COC1OC(C(=O)O)C(O)C(O)C1OC(=O)CCCCCCC/C=C\CCCCCC)OC(=O)CCCCCCCCCCC/C=C\C/C=C\CCCCC. The third-order valence-corrected chi connectivity index (χ3v) is 13.8. The average molecular weight is 1130 g/mol. The molecule has 12 nitrogen and oxygen atoms in total. The van der Waals surface area contributed by atoms with E-state index in [4.69, 9.17) is 23.7 Å². The monoisotopic (exact) mass is 1130 g/mol. The van der Waals surface area contributed by atoms with Gasteiger partial charge in [0.15, 0.2) is 24.6 Å². The van der Waals surface area contributed by atoms with Crippen molar-refractivity contribution in [1.29, 1.82) is 0 Å². The van der Waals surface area contributed by atoms with E-state index in [-0.39, 0.29) is 25.9 Å². The highest BCUT2D eigenvalue weighted by atomic mass is 16.7. The fourth-order valence-electron chi connectivity index (χ4n) is 8.95. The van der Waals surface area contributed by atoms with Gasteiger partial charge in [0.05, 0.1) is 6.61 Å². The minimum atomic E-state index is -1.92. The van der Waals surface area contributed by atoms with Crippen molar-refractivity contribution in [3.8, 4) is 0 Å². The highest BCUT2D eigenvalue weighted by molar-refractivity contribution is 5.74. The first-order valence-electron chi connectivity index (χ1n) is 31.9. The number of carboxylic acids is 1. The number of carboxylic acid groups (broad SMARTS) is 1. The number of carbonyl (C=O) groups is 4. The van der Waals surface area contributed by atoms with Crippen molar-refractivity contribution < 1.29 is 58.2 Å². The molecule has 1 heterocycles. The van der Waals surface area contributed by atoms with Crippen molar-refractivity contribution in [1.82, 2.24) is 0 Å². The highest BCUT2D eigenvalue weighted by Gasteiger charge is 2.50. The Morgan fingerprint density at radius 3 is 1.27 bits per heavy atom. The number of rotatable bonds is 53. The first kappa shape index (κ1) is 74.4. The minimum absolute atomic E-state index is 0.0384. The molecule has 0 bridgehead atoms. The lowest BCUT2D eigenvalue weighted by molar-refractivity contribution is -0.301. The van der Waals surface area contributed by atoms with Crippen molar-refractivity contribution in [2.24, 2.45) is 0 Å². The maximum atomic E-state index is 13.2. The lowest BCUT2D eigenvalue weighted by atomic mass is 9.98. The van der Waals surface area contributed by atoms with E-state index in [2.05, 4.69) is 118 Å². The predicted octanol–water partition coefficient (Wildman–Crippen LogP) is 17.0. The molecule has 3 N–H and O–H groups in total. The number of allylic oxidation sites excluding steroid dienone is 18. The Hall–Kier alpha value is -4.62. The summed E-state index contributed by atoms with van der Waals surface area (Å²) in [5.74, 6) is -3.25. The standard InChI is InChI=1S/C69H112O12/c1-4-7-10-13-16-19-22-25-27-29-31-33-35-38-40-43-46-49-52-55-61(70)77-58-60(79-62(71)56-53-50-47-44-42-39-36-34-32-30-28-26-23-20-17-14-11-8-5-2)59-78-69-67(65(74)64(73)66(81-69)68(75)76)80-63(72)57-54-51-48-45-41-37-24-21-18-15-12-9-6-3/h7,10,16-17,19-21,24-28,31,33,38,40,46,49,60,64-67,69,73-74H,4-6,8-9,11-15,18,22-23,29-30,32,34-37,39,41-45,47-48,50-59H2,1-3H3,(H,75,76)/b10-7-,19-16-,20-17-,24-21-,27-25-,28-26-,33-31-,40-38-,49-46-. The van der Waals surface area contributed by atoms with Crippen molar-refractivity contribution in [2.45, 2.75) is 289 Å². The molecule has 0 radical (unpaired) electrons. The van der Waals surface area contributed by atoms with Crippen LogP contribution < -0.4 is 0 Å². The first-order chi connectivity index (χ1) is 39.6. The lowest BCUT2D eigenvalue weighted by Crippen LogP contribution is -2.61. The molecule has 460 valence electrons. The third-order valence-electron chi connectivity index (χ3n) is 13.8. The van der Waals surface area contributed by atoms with Crippen LogP contribution in [0.4, 0.5) is 0 Å². The number of ether oxygens (including phenoxy) is 5. The van der Waals surface area contributed by atoms with Gasteiger partial charge in [0.25, 0.3) is 0 Å². The van der Waals surface area contributed by atoms with E-state index in [1.54, 1.807) is 0 Å². The Bertz CT molecular complexity index is 1820. The fourth-order valence-corrected chi connectivity index (χ4v) is 8.95. The predicted molar refractivity (Wildman–Crippen MR) is 330 cm³/mol. The number of esters is 3. The van der Waals surface area contributed by atoms with Crippen LogP contribution in [0.2, 0.25) is 0 Å². The van der Waals surface area contributed by atoms with Crippen LogP contribution in [0.25, 0.3) is 0 Å². The lowest BCUT2D eigenvalue weighted by Gasteiger charge is -2.40. The summed E-state index contributed by atoms with van der Waals surface area (Å²) >= 11 is 0. The topological polar surface area (TPSA) is 175 Å². The number of hydrogen-bond donors (Lipinski definition) is 3. The van der Waals surface area contributed by atoms with Crippen LogP contribution in [0.5, 0.6) is 0 Å². The maximum absolute atomic E-state index is 13.2. The Labute approximate surface area is 491 Å². The van der Waals surface area contributed by atoms with Gasteiger partial charge in [-0.15, -0.1) is 0 Å². The number of hydrogen-bond acceptors (Lipinski definition) is 11. The van der Waals surface area contributed by atoms with Gasteiger partial charge in [-0.2, -0.15) is 0 Å². The van der Waals surface area contributed by atoms with E-state index in [0.717, 1.165) is 116 Å². The van der Waals surface area contributed by atoms with Gasteiger partial charge in [-0.25, -0.2) is 4.79 Å². The number of carbonyl (C=O) groups excluding carboxylic acids is 3. The molecule has 1 rings (SSSR count). The molecule has 1 aliphatic heterocycles. The summed E-state index contributed by atoms with van der Waals surface area (Å²) in [6.45, 7) is 5.77. The van der Waals surface area contributed by atoms with E-state index in [1.807, 2.05) is 12.2 Å². The molecule has 81 heavy (non-hydrogen) atoms. The molecule has 0 amide bonds. The summed E-state index contributed by atoms with van der Waals surface area (Å²) < 4.78 is 28.4. The van der Waals surface area contributed by atoms with Crippen LogP contribution in [0.1, 0.15) is 252 Å². The second-order valence-electron chi connectivity index (χ2n) is 21.3. The summed E-state index contributed by atoms with van der Waals surface area (Å²) in [5.41, 5.74) is 0. The van der Waals surface area contributed by atoms with E-state index >= 15 is 0 Å². The molecule has 12 heteroatoms. The third kappa shape index (κ3) is 45.6. The van der Waals surface area contributed by atoms with Crippen LogP contribution in [0.15, 0.2) is 109 Å². The van der Waals surface area contributed by atoms with Crippen LogP contribution in [0.3, 0.4) is 0 Å². The number of unbranched alkanes of at least 4 members (excludes halogenated alkanes) is 21. The van der Waals surface area contributed by atoms with E-state index in [9.17, 15) is 34.5 Å². The molecule has 0 aromatic heterocycles. The van der Waals surface area contributed by atoms with Gasteiger partial charge >= 0.3 is 23.9 Å². The maximum Gasteiger partial charge on any atom is 0.335 e. The molecule has 1 saturated heterocycles. The van der Waals surface area contributed by atoms with Crippen molar-refractivity contribution in [3.05, 3.63) is 109 Å². The molecule has 0 spiro atoms. The molecule has 0 aromatic carbocycles. The zero-order valence-corrected chi connectivity index (χ0v) is 50.7. The molecule has 6 unspecified atom stereocenters. The van der Waals surface area contributed by atoms with E-state index in [1.165, 1.54) is 77.0 Å². The quantitative estimate of drug-likeness (QED) is 0.0228. The molecule has 1 fully saturated rings. The van der Waals surface area contributed by atoms with Gasteiger partial charge in [-0.05, 0) is 116 Å².